The van der Waals surface area contributed by atoms with E-state index in [0.29, 0.717) is 24.0 Å². The van der Waals surface area contributed by atoms with E-state index in [1.807, 2.05) is 18.3 Å². The second-order valence-electron chi connectivity index (χ2n) is 8.12. The van der Waals surface area contributed by atoms with Crippen LogP contribution in [0.3, 0.4) is 0 Å². The van der Waals surface area contributed by atoms with Crippen molar-refractivity contribution in [3.8, 4) is 0 Å². The number of nitrogens with zero attached hydrogens (tertiary/aromatic N) is 2. The van der Waals surface area contributed by atoms with Gasteiger partial charge in [0, 0.05) is 50.4 Å². The molecule has 3 saturated heterocycles. The molecule has 0 saturated carbocycles. The molecule has 1 aromatic heterocycles. The first-order chi connectivity index (χ1) is 12.2. The molecule has 8 heteroatoms. The Hall–Kier alpha value is -0.590. The van der Waals surface area contributed by atoms with Gasteiger partial charge in [0.1, 0.15) is 0 Å². The first-order valence-electron chi connectivity index (χ1n) is 9.92. The molecule has 4 heterocycles. The molecule has 0 spiro atoms. The Bertz CT molecular complexity index is 572. The Morgan fingerprint density at radius 2 is 1.75 bits per heavy atom. The van der Waals surface area contributed by atoms with Crippen molar-refractivity contribution in [1.82, 2.24) is 20.5 Å². The number of likely N-dealkylation sites (tertiary alicyclic amines) is 1. The molecule has 160 valence electrons. The number of rotatable bonds is 5. The molecule has 1 amide bonds. The molecule has 3 fully saturated rings. The zero-order valence-electron chi connectivity index (χ0n) is 16.2. The van der Waals surface area contributed by atoms with Crippen molar-refractivity contribution in [3.05, 3.63) is 30.1 Å². The lowest BCUT2D eigenvalue weighted by molar-refractivity contribution is -0.123. The zero-order valence-corrected chi connectivity index (χ0v) is 18.7. The van der Waals surface area contributed by atoms with Crippen LogP contribution in [-0.4, -0.2) is 47.0 Å². The number of amides is 1. The third-order valence-corrected chi connectivity index (χ3v) is 6.11. The van der Waals surface area contributed by atoms with Crippen molar-refractivity contribution in [1.29, 1.82) is 0 Å². The van der Waals surface area contributed by atoms with E-state index >= 15 is 0 Å². The normalized spacial score (nSPS) is 27.1. The Labute approximate surface area is 187 Å². The minimum absolute atomic E-state index is 0. The molecule has 28 heavy (non-hydrogen) atoms. The molecule has 3 aliphatic heterocycles. The number of halogens is 3. The highest BCUT2D eigenvalue weighted by Crippen LogP contribution is 2.32. The number of hydrogen-bond acceptors (Lipinski definition) is 4. The number of carbonyl (C=O) groups is 1. The van der Waals surface area contributed by atoms with Gasteiger partial charge in [-0.3, -0.25) is 14.7 Å². The molecule has 3 aliphatic rings. The first-order valence-corrected chi connectivity index (χ1v) is 9.92. The summed E-state index contributed by atoms with van der Waals surface area (Å²) < 4.78 is 0. The van der Waals surface area contributed by atoms with Gasteiger partial charge in [0.25, 0.3) is 0 Å². The van der Waals surface area contributed by atoms with E-state index in [1.54, 1.807) is 0 Å². The number of piperidine rings is 2. The highest BCUT2D eigenvalue weighted by atomic mass is 35.5. The molecule has 1 aromatic rings. The van der Waals surface area contributed by atoms with Crippen LogP contribution in [0, 0.1) is 5.92 Å². The van der Waals surface area contributed by atoms with Gasteiger partial charge in [0.05, 0.1) is 5.69 Å². The second kappa shape index (κ2) is 12.2. The minimum Gasteiger partial charge on any atom is -0.353 e. The summed E-state index contributed by atoms with van der Waals surface area (Å²) in [4.78, 5) is 19.3. The average Bonchev–Trinajstić information content (AvgIpc) is 2.96. The van der Waals surface area contributed by atoms with Crippen molar-refractivity contribution in [3.63, 3.8) is 0 Å². The van der Waals surface area contributed by atoms with Crippen LogP contribution in [0.15, 0.2) is 24.4 Å². The summed E-state index contributed by atoms with van der Waals surface area (Å²) in [6, 6.07) is 7.78. The van der Waals surface area contributed by atoms with Gasteiger partial charge < -0.3 is 10.6 Å². The monoisotopic (exact) mass is 450 g/mol. The van der Waals surface area contributed by atoms with E-state index in [2.05, 4.69) is 26.6 Å². The van der Waals surface area contributed by atoms with Gasteiger partial charge in [0.15, 0.2) is 0 Å². The summed E-state index contributed by atoms with van der Waals surface area (Å²) in [5.74, 6) is 0.859. The maximum absolute atomic E-state index is 12.4. The van der Waals surface area contributed by atoms with Crippen LogP contribution in [0.25, 0.3) is 0 Å². The summed E-state index contributed by atoms with van der Waals surface area (Å²) in [5, 5.41) is 6.96. The fraction of sp³-hybridized carbons (Fsp3) is 0.700. The minimum atomic E-state index is 0. The van der Waals surface area contributed by atoms with Gasteiger partial charge in [-0.25, -0.2) is 0 Å². The van der Waals surface area contributed by atoms with Crippen molar-refractivity contribution >= 4 is 43.1 Å². The Kier molecular flexibility index (Phi) is 11.1. The maximum Gasteiger partial charge on any atom is 0.220 e. The summed E-state index contributed by atoms with van der Waals surface area (Å²) in [7, 11) is 0. The maximum atomic E-state index is 12.4. The molecular weight excluding hydrogens is 419 g/mol. The quantitative estimate of drug-likeness (QED) is 0.721. The van der Waals surface area contributed by atoms with Crippen LogP contribution in [0.2, 0.25) is 0 Å². The Morgan fingerprint density at radius 1 is 1.07 bits per heavy atom. The average molecular weight is 452 g/mol. The van der Waals surface area contributed by atoms with Crippen LogP contribution >= 0.6 is 37.2 Å². The van der Waals surface area contributed by atoms with E-state index < -0.39 is 0 Å². The van der Waals surface area contributed by atoms with Gasteiger partial charge in [0.2, 0.25) is 5.91 Å². The van der Waals surface area contributed by atoms with Crippen molar-refractivity contribution in [2.75, 3.05) is 13.1 Å². The Morgan fingerprint density at radius 3 is 2.36 bits per heavy atom. The molecule has 0 aromatic carbocycles. The summed E-state index contributed by atoms with van der Waals surface area (Å²) in [6.45, 7) is 3.00. The molecular formula is C20H33Cl3N4O. The number of fused-ring (bicyclic) bond motifs is 2. The molecule has 5 nitrogen and oxygen atoms in total. The van der Waals surface area contributed by atoms with Crippen LogP contribution in [0.1, 0.15) is 50.6 Å². The van der Waals surface area contributed by atoms with Crippen LogP contribution in [0.4, 0.5) is 0 Å². The predicted molar refractivity (Wildman–Crippen MR) is 120 cm³/mol. The third-order valence-electron chi connectivity index (χ3n) is 6.11. The topological polar surface area (TPSA) is 57.3 Å². The fourth-order valence-electron chi connectivity index (χ4n) is 4.85. The molecule has 2 atom stereocenters. The van der Waals surface area contributed by atoms with Gasteiger partial charge in [-0.2, -0.15) is 0 Å². The van der Waals surface area contributed by atoms with E-state index in [9.17, 15) is 4.79 Å². The molecule has 2 N–H and O–H groups in total. The number of pyridine rings is 1. The lowest BCUT2D eigenvalue weighted by atomic mass is 9.89. The number of nitrogens with one attached hydrogen (secondary N) is 2. The summed E-state index contributed by atoms with van der Waals surface area (Å²) >= 11 is 0. The van der Waals surface area contributed by atoms with Crippen LogP contribution in [-0.2, 0) is 11.3 Å². The molecule has 0 radical (unpaired) electrons. The van der Waals surface area contributed by atoms with Gasteiger partial charge >= 0.3 is 0 Å². The van der Waals surface area contributed by atoms with Crippen LogP contribution < -0.4 is 10.6 Å². The molecule has 2 unspecified atom stereocenters. The van der Waals surface area contributed by atoms with Gasteiger partial charge in [-0.1, -0.05) is 6.07 Å². The lowest BCUT2D eigenvalue weighted by Crippen LogP contribution is -2.45. The van der Waals surface area contributed by atoms with E-state index in [1.165, 1.54) is 25.7 Å². The zero-order chi connectivity index (χ0) is 17.1. The molecule has 0 aliphatic carbocycles. The lowest BCUT2D eigenvalue weighted by Gasteiger charge is -2.33. The largest absolute Gasteiger partial charge is 0.353 e. The second-order valence-corrected chi connectivity index (χ2v) is 8.12. The number of carbonyl (C=O) groups excluding carboxylic acids is 1. The van der Waals surface area contributed by atoms with E-state index in [-0.39, 0.29) is 43.1 Å². The highest BCUT2D eigenvalue weighted by Gasteiger charge is 2.34. The van der Waals surface area contributed by atoms with Gasteiger partial charge in [-0.05, 0) is 56.6 Å². The summed E-state index contributed by atoms with van der Waals surface area (Å²) in [6.07, 6.45) is 9.66. The Balaban J connectivity index is 0.00000131. The standard InChI is InChI=1S/C20H30N4O.3ClH/c25-20(13-15-11-17-4-5-18(12-15)22-17)23-16-6-9-24(10-7-16)14-19-3-1-2-8-21-19;;;/h1-3,8,15-18,22H,4-7,9-14H2,(H,23,25);3*1H. The third kappa shape index (κ3) is 7.03. The van der Waals surface area contributed by atoms with Crippen LogP contribution in [0.5, 0.6) is 0 Å². The van der Waals surface area contributed by atoms with Crippen molar-refractivity contribution in [2.24, 2.45) is 5.92 Å². The smallest absolute Gasteiger partial charge is 0.220 e. The fourth-order valence-corrected chi connectivity index (χ4v) is 4.85. The highest BCUT2D eigenvalue weighted by molar-refractivity contribution is 5.86. The molecule has 2 bridgehead atoms. The number of aromatic nitrogens is 1. The summed E-state index contributed by atoms with van der Waals surface area (Å²) in [5.41, 5.74) is 1.13. The van der Waals surface area contributed by atoms with Crippen molar-refractivity contribution < 1.29 is 4.79 Å². The van der Waals surface area contributed by atoms with E-state index in [4.69, 9.17) is 0 Å². The SMILES string of the molecule is Cl.Cl.Cl.O=C(CC1CC2CCC(C1)N2)NC1CCN(Cc2ccccn2)CC1. The van der Waals surface area contributed by atoms with Crippen molar-refractivity contribution in [2.45, 2.75) is 69.6 Å². The van der Waals surface area contributed by atoms with E-state index in [0.717, 1.165) is 44.6 Å². The first kappa shape index (κ1) is 25.4. The molecule has 4 rings (SSSR count). The predicted octanol–water partition coefficient (Wildman–Crippen LogP) is 3.35. The van der Waals surface area contributed by atoms with Gasteiger partial charge in [-0.15, -0.1) is 37.2 Å². The number of hydrogen-bond donors (Lipinski definition) is 2.